The van der Waals surface area contributed by atoms with Crippen molar-refractivity contribution < 1.29 is 4.79 Å². The van der Waals surface area contributed by atoms with Crippen molar-refractivity contribution in [3.05, 3.63) is 51.7 Å². The number of ketones is 1. The second-order valence-electron chi connectivity index (χ2n) is 3.95. The summed E-state index contributed by atoms with van der Waals surface area (Å²) in [6, 6.07) is 11.3. The summed E-state index contributed by atoms with van der Waals surface area (Å²) >= 11 is 1.71. The minimum Gasteiger partial charge on any atom is -0.399 e. The Morgan fingerprint density at radius 3 is 2.65 bits per heavy atom. The van der Waals surface area contributed by atoms with Gasteiger partial charge in [-0.25, -0.2) is 0 Å². The highest BCUT2D eigenvalue weighted by atomic mass is 32.1. The van der Waals surface area contributed by atoms with Crippen molar-refractivity contribution in [3.8, 4) is 0 Å². The molecular weight excluding hydrogens is 230 g/mol. The van der Waals surface area contributed by atoms with E-state index in [-0.39, 0.29) is 5.78 Å². The number of anilines is 1. The average Bonchev–Trinajstić information content (AvgIpc) is 2.77. The van der Waals surface area contributed by atoms with E-state index >= 15 is 0 Å². The van der Waals surface area contributed by atoms with Crippen LogP contribution in [-0.4, -0.2) is 5.78 Å². The number of hydrogen-bond donors (Lipinski definition) is 1. The zero-order valence-electron chi connectivity index (χ0n) is 9.77. The lowest BCUT2D eigenvalue weighted by Crippen LogP contribution is -2.02. The van der Waals surface area contributed by atoms with Crippen LogP contribution >= 0.6 is 11.3 Å². The predicted molar refractivity (Wildman–Crippen MR) is 72.6 cm³/mol. The summed E-state index contributed by atoms with van der Waals surface area (Å²) < 4.78 is 0. The lowest BCUT2D eigenvalue weighted by Gasteiger charge is -2.00. The third-order valence-corrected chi connectivity index (χ3v) is 3.84. The molecule has 17 heavy (non-hydrogen) atoms. The van der Waals surface area contributed by atoms with Crippen LogP contribution in [-0.2, 0) is 12.8 Å². The standard InChI is InChI=1S/C14H15NOS/c1-2-12-6-7-13(17-12)9-14(16)10-4-3-5-11(15)8-10/h3-8H,2,9,15H2,1H3. The zero-order valence-corrected chi connectivity index (χ0v) is 10.6. The van der Waals surface area contributed by atoms with Gasteiger partial charge in [-0.1, -0.05) is 19.1 Å². The molecule has 1 aromatic carbocycles. The van der Waals surface area contributed by atoms with E-state index in [1.807, 2.05) is 18.2 Å². The van der Waals surface area contributed by atoms with Gasteiger partial charge < -0.3 is 5.73 Å². The molecule has 1 heterocycles. The van der Waals surface area contributed by atoms with Crippen LogP contribution in [0.5, 0.6) is 0 Å². The van der Waals surface area contributed by atoms with Crippen molar-refractivity contribution in [1.29, 1.82) is 0 Å². The molecular formula is C14H15NOS. The van der Waals surface area contributed by atoms with Gasteiger partial charge in [0.1, 0.15) is 0 Å². The molecule has 0 fully saturated rings. The van der Waals surface area contributed by atoms with Gasteiger partial charge in [0.25, 0.3) is 0 Å². The van der Waals surface area contributed by atoms with Crippen molar-refractivity contribution in [2.45, 2.75) is 19.8 Å². The first kappa shape index (κ1) is 11.9. The van der Waals surface area contributed by atoms with Gasteiger partial charge in [0.2, 0.25) is 0 Å². The van der Waals surface area contributed by atoms with E-state index in [0.717, 1.165) is 11.3 Å². The van der Waals surface area contributed by atoms with Gasteiger partial charge in [0, 0.05) is 27.4 Å². The Balaban J connectivity index is 2.11. The lowest BCUT2D eigenvalue weighted by atomic mass is 10.1. The Hall–Kier alpha value is -1.61. The zero-order chi connectivity index (χ0) is 12.3. The summed E-state index contributed by atoms with van der Waals surface area (Å²) in [5, 5.41) is 0. The van der Waals surface area contributed by atoms with E-state index in [0.29, 0.717) is 17.7 Å². The minimum absolute atomic E-state index is 0.127. The summed E-state index contributed by atoms with van der Waals surface area (Å²) in [5.74, 6) is 0.127. The van der Waals surface area contributed by atoms with Crippen molar-refractivity contribution in [1.82, 2.24) is 0 Å². The highest BCUT2D eigenvalue weighted by Crippen LogP contribution is 2.19. The van der Waals surface area contributed by atoms with Gasteiger partial charge in [-0.2, -0.15) is 0 Å². The van der Waals surface area contributed by atoms with Gasteiger partial charge in [-0.3, -0.25) is 4.79 Å². The largest absolute Gasteiger partial charge is 0.399 e. The van der Waals surface area contributed by atoms with Gasteiger partial charge >= 0.3 is 0 Å². The van der Waals surface area contributed by atoms with E-state index in [4.69, 9.17) is 5.73 Å². The normalized spacial score (nSPS) is 10.4. The first-order valence-electron chi connectivity index (χ1n) is 5.65. The molecule has 0 saturated heterocycles. The highest BCUT2D eigenvalue weighted by Gasteiger charge is 2.08. The first-order valence-corrected chi connectivity index (χ1v) is 6.47. The summed E-state index contributed by atoms with van der Waals surface area (Å²) in [6.07, 6.45) is 1.49. The number of benzene rings is 1. The molecule has 0 bridgehead atoms. The number of carbonyl (C=O) groups excluding carboxylic acids is 1. The molecule has 1 aromatic heterocycles. The van der Waals surface area contributed by atoms with Crippen LogP contribution in [0.4, 0.5) is 5.69 Å². The molecule has 0 aliphatic rings. The predicted octanol–water partition coefficient (Wildman–Crippen LogP) is 3.32. The second-order valence-corrected chi connectivity index (χ2v) is 5.20. The molecule has 0 aliphatic heterocycles. The van der Waals surface area contributed by atoms with Crippen molar-refractivity contribution in [3.63, 3.8) is 0 Å². The second kappa shape index (κ2) is 5.15. The molecule has 0 aliphatic carbocycles. The number of nitrogen functional groups attached to an aromatic ring is 1. The highest BCUT2D eigenvalue weighted by molar-refractivity contribution is 7.12. The summed E-state index contributed by atoms with van der Waals surface area (Å²) in [4.78, 5) is 14.5. The Labute approximate surface area is 105 Å². The Bertz CT molecular complexity index is 531. The third kappa shape index (κ3) is 2.94. The Morgan fingerprint density at radius 1 is 1.24 bits per heavy atom. The monoisotopic (exact) mass is 245 g/mol. The van der Waals surface area contributed by atoms with Crippen molar-refractivity contribution >= 4 is 22.8 Å². The number of thiophene rings is 1. The molecule has 0 amide bonds. The molecule has 0 saturated carbocycles. The molecule has 0 unspecified atom stereocenters. The SMILES string of the molecule is CCc1ccc(CC(=O)c2cccc(N)c2)s1. The molecule has 88 valence electrons. The number of aryl methyl sites for hydroxylation is 1. The molecule has 0 radical (unpaired) electrons. The van der Waals surface area contributed by atoms with Crippen LogP contribution in [0.2, 0.25) is 0 Å². The van der Waals surface area contributed by atoms with Crippen molar-refractivity contribution in [2.24, 2.45) is 0 Å². The maximum atomic E-state index is 12.0. The minimum atomic E-state index is 0.127. The molecule has 2 rings (SSSR count). The fourth-order valence-electron chi connectivity index (χ4n) is 1.68. The molecule has 2 N–H and O–H groups in total. The van der Waals surface area contributed by atoms with Crippen molar-refractivity contribution in [2.75, 3.05) is 5.73 Å². The topological polar surface area (TPSA) is 43.1 Å². The number of Topliss-reactive ketones (excluding diaryl/α,β-unsaturated/α-hetero) is 1. The van der Waals surface area contributed by atoms with Gasteiger partial charge in [0.05, 0.1) is 0 Å². The lowest BCUT2D eigenvalue weighted by molar-refractivity contribution is 0.0994. The van der Waals surface area contributed by atoms with Gasteiger partial charge in [-0.05, 0) is 30.7 Å². The molecule has 2 aromatic rings. The van der Waals surface area contributed by atoms with E-state index in [1.165, 1.54) is 4.88 Å². The molecule has 0 spiro atoms. The van der Waals surface area contributed by atoms with Gasteiger partial charge in [0.15, 0.2) is 5.78 Å². The molecule has 0 atom stereocenters. The van der Waals surface area contributed by atoms with E-state index in [2.05, 4.69) is 13.0 Å². The van der Waals surface area contributed by atoms with E-state index in [1.54, 1.807) is 23.5 Å². The summed E-state index contributed by atoms with van der Waals surface area (Å²) in [6.45, 7) is 2.12. The fourth-order valence-corrected chi connectivity index (χ4v) is 2.64. The summed E-state index contributed by atoms with van der Waals surface area (Å²) in [7, 11) is 0. The Kier molecular flexibility index (Phi) is 3.59. The van der Waals surface area contributed by atoms with Crippen LogP contribution in [0.1, 0.15) is 27.0 Å². The van der Waals surface area contributed by atoms with Crippen LogP contribution in [0.25, 0.3) is 0 Å². The fraction of sp³-hybridized carbons (Fsp3) is 0.214. The van der Waals surface area contributed by atoms with Crippen LogP contribution < -0.4 is 5.73 Å². The van der Waals surface area contributed by atoms with Crippen LogP contribution in [0, 0.1) is 0 Å². The van der Waals surface area contributed by atoms with Crippen LogP contribution in [0.3, 0.4) is 0 Å². The van der Waals surface area contributed by atoms with Crippen LogP contribution in [0.15, 0.2) is 36.4 Å². The number of nitrogens with two attached hydrogens (primary N) is 1. The number of hydrogen-bond acceptors (Lipinski definition) is 3. The van der Waals surface area contributed by atoms with E-state index in [9.17, 15) is 4.79 Å². The summed E-state index contributed by atoms with van der Waals surface area (Å²) in [5.41, 5.74) is 6.99. The van der Waals surface area contributed by atoms with Gasteiger partial charge in [-0.15, -0.1) is 11.3 Å². The number of carbonyl (C=O) groups is 1. The van der Waals surface area contributed by atoms with E-state index < -0.39 is 0 Å². The maximum Gasteiger partial charge on any atom is 0.168 e. The average molecular weight is 245 g/mol. The first-order chi connectivity index (χ1) is 8.19. The smallest absolute Gasteiger partial charge is 0.168 e. The maximum absolute atomic E-state index is 12.0. The third-order valence-electron chi connectivity index (χ3n) is 2.61. The number of rotatable bonds is 4. The Morgan fingerprint density at radius 2 is 2.00 bits per heavy atom. The quantitative estimate of drug-likeness (QED) is 0.663. The molecule has 3 heteroatoms. The molecule has 2 nitrogen and oxygen atoms in total.